The van der Waals surface area contributed by atoms with Crippen LogP contribution in [0.1, 0.15) is 37.2 Å². The molecule has 0 heterocycles. The van der Waals surface area contributed by atoms with Gasteiger partial charge in [-0.3, -0.25) is 0 Å². The van der Waals surface area contributed by atoms with Crippen LogP contribution in [0.3, 0.4) is 0 Å². The quantitative estimate of drug-likeness (QED) is 0.754. The molecule has 0 amide bonds. The third kappa shape index (κ3) is 2.10. The standard InChI is InChI=1S/C12H15ClO/c13-10-7-5-9(6-8-10)11-3-1-2-4-12(11)14/h5-8,11-12,14H,1-4H2/t11-,12-/m1/s1. The van der Waals surface area contributed by atoms with E-state index in [2.05, 4.69) is 0 Å². The number of halogens is 1. The molecule has 0 spiro atoms. The second kappa shape index (κ2) is 4.33. The van der Waals surface area contributed by atoms with Gasteiger partial charge in [-0.15, -0.1) is 0 Å². The average Bonchev–Trinajstić information content (AvgIpc) is 2.20. The van der Waals surface area contributed by atoms with Gasteiger partial charge in [-0.25, -0.2) is 0 Å². The maximum atomic E-state index is 9.86. The van der Waals surface area contributed by atoms with E-state index in [1.165, 1.54) is 12.0 Å². The molecular weight excluding hydrogens is 196 g/mol. The minimum Gasteiger partial charge on any atom is -0.392 e. The van der Waals surface area contributed by atoms with Crippen LogP contribution in [0.4, 0.5) is 0 Å². The number of aliphatic hydroxyl groups is 1. The van der Waals surface area contributed by atoms with Crippen molar-refractivity contribution < 1.29 is 5.11 Å². The van der Waals surface area contributed by atoms with E-state index >= 15 is 0 Å². The van der Waals surface area contributed by atoms with E-state index in [4.69, 9.17) is 11.6 Å². The monoisotopic (exact) mass is 210 g/mol. The Labute approximate surface area is 89.7 Å². The van der Waals surface area contributed by atoms with Gasteiger partial charge in [0.25, 0.3) is 0 Å². The Hall–Kier alpha value is -0.530. The van der Waals surface area contributed by atoms with Crippen molar-refractivity contribution in [3.8, 4) is 0 Å². The molecule has 2 atom stereocenters. The summed E-state index contributed by atoms with van der Waals surface area (Å²) in [6, 6.07) is 7.86. The minimum atomic E-state index is -0.162. The topological polar surface area (TPSA) is 20.2 Å². The van der Waals surface area contributed by atoms with Crippen LogP contribution in [-0.2, 0) is 0 Å². The Morgan fingerprint density at radius 3 is 2.36 bits per heavy atom. The van der Waals surface area contributed by atoms with E-state index in [-0.39, 0.29) is 6.10 Å². The van der Waals surface area contributed by atoms with Gasteiger partial charge in [-0.2, -0.15) is 0 Å². The van der Waals surface area contributed by atoms with Crippen LogP contribution < -0.4 is 0 Å². The molecule has 1 aromatic carbocycles. The molecule has 1 fully saturated rings. The number of rotatable bonds is 1. The SMILES string of the molecule is O[C@@H]1CCCC[C@@H]1c1ccc(Cl)cc1. The first-order valence-electron chi connectivity index (χ1n) is 5.21. The molecule has 0 saturated heterocycles. The first-order valence-corrected chi connectivity index (χ1v) is 5.59. The van der Waals surface area contributed by atoms with Gasteiger partial charge in [-0.05, 0) is 30.5 Å². The maximum absolute atomic E-state index is 9.86. The molecule has 0 bridgehead atoms. The zero-order valence-electron chi connectivity index (χ0n) is 8.12. The van der Waals surface area contributed by atoms with Crippen LogP contribution in [0.15, 0.2) is 24.3 Å². The van der Waals surface area contributed by atoms with E-state index in [0.29, 0.717) is 5.92 Å². The Morgan fingerprint density at radius 2 is 1.71 bits per heavy atom. The van der Waals surface area contributed by atoms with Gasteiger partial charge in [0.05, 0.1) is 6.10 Å². The van der Waals surface area contributed by atoms with Crippen LogP contribution in [-0.4, -0.2) is 11.2 Å². The summed E-state index contributed by atoms with van der Waals surface area (Å²) < 4.78 is 0. The number of hydrogen-bond donors (Lipinski definition) is 1. The van der Waals surface area contributed by atoms with Crippen molar-refractivity contribution in [3.63, 3.8) is 0 Å². The smallest absolute Gasteiger partial charge is 0.0608 e. The van der Waals surface area contributed by atoms with Crippen LogP contribution in [0.5, 0.6) is 0 Å². The largest absolute Gasteiger partial charge is 0.392 e. The van der Waals surface area contributed by atoms with E-state index < -0.39 is 0 Å². The second-order valence-electron chi connectivity index (χ2n) is 4.01. The van der Waals surface area contributed by atoms with Crippen LogP contribution in [0.25, 0.3) is 0 Å². The summed E-state index contributed by atoms with van der Waals surface area (Å²) in [5, 5.41) is 10.6. The molecule has 0 radical (unpaired) electrons. The number of benzene rings is 1. The molecule has 2 rings (SSSR count). The lowest BCUT2D eigenvalue weighted by molar-refractivity contribution is 0.106. The van der Waals surface area contributed by atoms with E-state index in [9.17, 15) is 5.11 Å². The highest BCUT2D eigenvalue weighted by Gasteiger charge is 2.24. The fourth-order valence-electron chi connectivity index (χ4n) is 2.21. The molecule has 1 N–H and O–H groups in total. The first-order chi connectivity index (χ1) is 6.77. The van der Waals surface area contributed by atoms with Crippen LogP contribution >= 0.6 is 11.6 Å². The van der Waals surface area contributed by atoms with Crippen molar-refractivity contribution in [1.82, 2.24) is 0 Å². The predicted molar refractivity (Wildman–Crippen MR) is 58.7 cm³/mol. The molecule has 1 aliphatic carbocycles. The first kappa shape index (κ1) is 10.0. The van der Waals surface area contributed by atoms with Crippen molar-refractivity contribution in [1.29, 1.82) is 0 Å². The highest BCUT2D eigenvalue weighted by Crippen LogP contribution is 2.33. The van der Waals surface area contributed by atoms with Crippen molar-refractivity contribution in [3.05, 3.63) is 34.9 Å². The lowest BCUT2D eigenvalue weighted by atomic mass is 9.82. The highest BCUT2D eigenvalue weighted by molar-refractivity contribution is 6.30. The van der Waals surface area contributed by atoms with Crippen molar-refractivity contribution in [2.45, 2.75) is 37.7 Å². The second-order valence-corrected chi connectivity index (χ2v) is 4.45. The van der Waals surface area contributed by atoms with E-state index in [1.54, 1.807) is 0 Å². The van der Waals surface area contributed by atoms with Crippen LogP contribution in [0.2, 0.25) is 5.02 Å². The van der Waals surface area contributed by atoms with Gasteiger partial charge in [0.15, 0.2) is 0 Å². The molecule has 14 heavy (non-hydrogen) atoms. The third-order valence-corrected chi connectivity index (χ3v) is 3.28. The van der Waals surface area contributed by atoms with Gasteiger partial charge < -0.3 is 5.11 Å². The molecule has 0 aromatic heterocycles. The predicted octanol–water partition coefficient (Wildman–Crippen LogP) is 3.36. The van der Waals surface area contributed by atoms with Crippen molar-refractivity contribution >= 4 is 11.6 Å². The lowest BCUT2D eigenvalue weighted by Crippen LogP contribution is -2.22. The van der Waals surface area contributed by atoms with Gasteiger partial charge in [0, 0.05) is 10.9 Å². The highest BCUT2D eigenvalue weighted by atomic mass is 35.5. The van der Waals surface area contributed by atoms with Gasteiger partial charge in [0.1, 0.15) is 0 Å². The molecular formula is C12H15ClO. The summed E-state index contributed by atoms with van der Waals surface area (Å²) >= 11 is 5.82. The Balaban J connectivity index is 2.16. The zero-order chi connectivity index (χ0) is 9.97. The molecule has 0 unspecified atom stereocenters. The maximum Gasteiger partial charge on any atom is 0.0608 e. The van der Waals surface area contributed by atoms with Crippen LogP contribution in [0, 0.1) is 0 Å². The molecule has 1 aromatic rings. The normalized spacial score (nSPS) is 27.6. The molecule has 2 heteroatoms. The van der Waals surface area contributed by atoms with Crippen molar-refractivity contribution in [2.75, 3.05) is 0 Å². The minimum absolute atomic E-state index is 0.162. The summed E-state index contributed by atoms with van der Waals surface area (Å²) in [5.74, 6) is 0.320. The summed E-state index contributed by atoms with van der Waals surface area (Å²) in [6.07, 6.45) is 4.26. The molecule has 1 nitrogen and oxygen atoms in total. The summed E-state index contributed by atoms with van der Waals surface area (Å²) in [4.78, 5) is 0. The van der Waals surface area contributed by atoms with E-state index in [0.717, 1.165) is 24.3 Å². The fourth-order valence-corrected chi connectivity index (χ4v) is 2.34. The molecule has 76 valence electrons. The third-order valence-electron chi connectivity index (χ3n) is 3.03. The lowest BCUT2D eigenvalue weighted by Gasteiger charge is -2.27. The van der Waals surface area contributed by atoms with E-state index in [1.807, 2.05) is 24.3 Å². The van der Waals surface area contributed by atoms with Gasteiger partial charge in [-0.1, -0.05) is 36.6 Å². The Bertz CT molecular complexity index is 294. The summed E-state index contributed by atoms with van der Waals surface area (Å²) in [5.41, 5.74) is 1.22. The molecule has 1 aliphatic rings. The molecule has 1 saturated carbocycles. The Morgan fingerprint density at radius 1 is 1.07 bits per heavy atom. The zero-order valence-corrected chi connectivity index (χ0v) is 8.87. The number of hydrogen-bond acceptors (Lipinski definition) is 1. The van der Waals surface area contributed by atoms with Gasteiger partial charge in [0.2, 0.25) is 0 Å². The summed E-state index contributed by atoms with van der Waals surface area (Å²) in [6.45, 7) is 0. The van der Waals surface area contributed by atoms with Crippen molar-refractivity contribution in [2.24, 2.45) is 0 Å². The summed E-state index contributed by atoms with van der Waals surface area (Å²) in [7, 11) is 0. The number of aliphatic hydroxyl groups excluding tert-OH is 1. The fraction of sp³-hybridized carbons (Fsp3) is 0.500. The average molecular weight is 211 g/mol. The Kier molecular flexibility index (Phi) is 3.09. The van der Waals surface area contributed by atoms with Gasteiger partial charge >= 0.3 is 0 Å². The molecule has 0 aliphatic heterocycles.